The maximum atomic E-state index is 14.2. The molecule has 0 saturated heterocycles. The number of anilines is 2. The van der Waals surface area contributed by atoms with Gasteiger partial charge in [-0.2, -0.15) is 5.10 Å². The van der Waals surface area contributed by atoms with Crippen LogP contribution in [0.5, 0.6) is 0 Å². The lowest BCUT2D eigenvalue weighted by Gasteiger charge is -2.25. The number of benzene rings is 3. The molecule has 0 spiro atoms. The van der Waals surface area contributed by atoms with Gasteiger partial charge in [0.2, 0.25) is 12.8 Å². The van der Waals surface area contributed by atoms with Crippen LogP contribution in [-0.2, 0) is 18.3 Å². The third-order valence-electron chi connectivity index (χ3n) is 6.53. The Bertz CT molecular complexity index is 1630. The molecule has 6 rings (SSSR count). The Kier molecular flexibility index (Phi) is 7.17. The summed E-state index contributed by atoms with van der Waals surface area (Å²) in [5.74, 6) is -0.959. The molecular weight excluding hydrogens is 558 g/mol. The van der Waals surface area contributed by atoms with Crippen molar-refractivity contribution in [3.05, 3.63) is 81.5 Å². The van der Waals surface area contributed by atoms with Crippen molar-refractivity contribution in [1.82, 2.24) is 15.1 Å². The number of alkyl halides is 2. The van der Waals surface area contributed by atoms with Gasteiger partial charge in [-0.3, -0.25) is 14.3 Å². The van der Waals surface area contributed by atoms with E-state index in [0.29, 0.717) is 38.7 Å². The summed E-state index contributed by atoms with van der Waals surface area (Å²) in [6.07, 6.45) is -2.90. The topological polar surface area (TPSA) is 93.2 Å². The van der Waals surface area contributed by atoms with Gasteiger partial charge in [-0.25, -0.2) is 17.6 Å². The standard InChI is InChI=1S/C25H17ClF4N4OS.CH3NO/c1-33-17(9-20(29)30)14-8-18(34-10-36-19-7-12(28)3-5-16(19)34)21-22(24(14)32-33)25(35)31-23(21)13-6-11(27)2-4-15(13)26;2-1-3/h2-8,20,23H,9-10H2,1H3,(H,31,35);1H,(H2,2,3). The van der Waals surface area contributed by atoms with E-state index in [4.69, 9.17) is 16.4 Å². The monoisotopic (exact) mass is 577 g/mol. The first-order valence-corrected chi connectivity index (χ1v) is 12.9. The number of primary amides is 1. The zero-order chi connectivity index (χ0) is 28.0. The molecule has 3 heterocycles. The predicted octanol–water partition coefficient (Wildman–Crippen LogP) is 5.45. The van der Waals surface area contributed by atoms with E-state index in [2.05, 4.69) is 16.1 Å². The van der Waals surface area contributed by atoms with Crippen molar-refractivity contribution in [1.29, 1.82) is 0 Å². The number of carbonyl (C=O) groups is 2. The number of thioether (sulfide) groups is 1. The molecule has 0 aliphatic carbocycles. The fourth-order valence-electron chi connectivity index (χ4n) is 4.99. The van der Waals surface area contributed by atoms with Gasteiger partial charge in [0.1, 0.15) is 17.2 Å². The number of carbonyl (C=O) groups excluding carboxylic acids is 2. The van der Waals surface area contributed by atoms with Gasteiger partial charge in [-0.05, 0) is 42.5 Å². The number of rotatable bonds is 4. The first kappa shape index (κ1) is 26.8. The summed E-state index contributed by atoms with van der Waals surface area (Å²) in [7, 11) is 1.56. The van der Waals surface area contributed by atoms with Gasteiger partial charge >= 0.3 is 0 Å². The molecular formula is C26H20ClF4N5O2S. The summed E-state index contributed by atoms with van der Waals surface area (Å²) < 4.78 is 56.4. The van der Waals surface area contributed by atoms with Crippen LogP contribution >= 0.6 is 23.4 Å². The third kappa shape index (κ3) is 4.67. The number of nitrogens with one attached hydrogen (secondary N) is 1. The molecule has 202 valence electrons. The number of nitrogens with two attached hydrogens (primary N) is 1. The minimum atomic E-state index is -2.61. The average molecular weight is 578 g/mol. The highest BCUT2D eigenvalue weighted by Gasteiger charge is 2.39. The van der Waals surface area contributed by atoms with Gasteiger partial charge in [0.15, 0.2) is 0 Å². The highest BCUT2D eigenvalue weighted by atomic mass is 35.5. The van der Waals surface area contributed by atoms with Gasteiger partial charge < -0.3 is 16.0 Å². The highest BCUT2D eigenvalue weighted by Crippen LogP contribution is 2.50. The number of nitrogens with zero attached hydrogens (tertiary/aromatic N) is 3. The molecule has 2 amide bonds. The maximum absolute atomic E-state index is 14.2. The molecule has 7 nitrogen and oxygen atoms in total. The van der Waals surface area contributed by atoms with Crippen molar-refractivity contribution < 1.29 is 27.2 Å². The Morgan fingerprint density at radius 3 is 2.59 bits per heavy atom. The lowest BCUT2D eigenvalue weighted by atomic mass is 9.93. The van der Waals surface area contributed by atoms with Crippen molar-refractivity contribution in [3.8, 4) is 0 Å². The molecule has 1 aromatic heterocycles. The molecule has 2 aliphatic rings. The zero-order valence-corrected chi connectivity index (χ0v) is 21.8. The molecule has 0 saturated carbocycles. The van der Waals surface area contributed by atoms with Gasteiger partial charge in [0, 0.05) is 39.2 Å². The average Bonchev–Trinajstić information content (AvgIpc) is 3.54. The Labute approximate surface area is 228 Å². The third-order valence-corrected chi connectivity index (χ3v) is 7.90. The van der Waals surface area contributed by atoms with Crippen LogP contribution in [0.4, 0.5) is 28.9 Å². The van der Waals surface area contributed by atoms with E-state index in [0.717, 1.165) is 0 Å². The van der Waals surface area contributed by atoms with Crippen LogP contribution < -0.4 is 16.0 Å². The molecule has 2 aliphatic heterocycles. The summed E-state index contributed by atoms with van der Waals surface area (Å²) in [6.45, 7) is 0. The van der Waals surface area contributed by atoms with Crippen LogP contribution in [0, 0.1) is 11.6 Å². The summed E-state index contributed by atoms with van der Waals surface area (Å²) >= 11 is 7.84. The van der Waals surface area contributed by atoms with E-state index >= 15 is 0 Å². The van der Waals surface area contributed by atoms with E-state index in [1.54, 1.807) is 19.2 Å². The van der Waals surface area contributed by atoms with Gasteiger partial charge in [0.05, 0.1) is 35.3 Å². The molecule has 39 heavy (non-hydrogen) atoms. The summed E-state index contributed by atoms with van der Waals surface area (Å²) in [5.41, 5.74) is 7.11. The summed E-state index contributed by atoms with van der Waals surface area (Å²) in [5, 5.41) is 7.99. The Morgan fingerprint density at radius 1 is 1.18 bits per heavy atom. The van der Waals surface area contributed by atoms with Gasteiger partial charge in [-0.1, -0.05) is 11.6 Å². The first-order valence-electron chi connectivity index (χ1n) is 11.6. The number of hydrogen-bond donors (Lipinski definition) is 2. The molecule has 1 unspecified atom stereocenters. The number of hydrogen-bond acceptors (Lipinski definition) is 5. The van der Waals surface area contributed by atoms with E-state index in [9.17, 15) is 22.4 Å². The largest absolute Gasteiger partial charge is 0.372 e. The second-order valence-electron chi connectivity index (χ2n) is 8.77. The quantitative estimate of drug-likeness (QED) is 0.249. The summed E-state index contributed by atoms with van der Waals surface area (Å²) in [6, 6.07) is 9.24. The molecule has 3 N–H and O–H groups in total. The normalized spacial score (nSPS) is 15.7. The van der Waals surface area contributed by atoms with Crippen LogP contribution in [0.3, 0.4) is 0 Å². The van der Waals surface area contributed by atoms with Crippen LogP contribution in [0.2, 0.25) is 5.02 Å². The number of aryl methyl sites for hydroxylation is 1. The first-order chi connectivity index (χ1) is 18.6. The SMILES string of the molecule is Cn1nc2c3c(c(N4CSc5cc(F)ccc54)cc2c1CC(F)F)C(c1cc(F)ccc1Cl)NC3=O.NC=O. The molecule has 4 aromatic rings. The van der Waals surface area contributed by atoms with Crippen LogP contribution in [-0.4, -0.2) is 34.4 Å². The van der Waals surface area contributed by atoms with E-state index in [1.807, 2.05) is 4.90 Å². The summed E-state index contributed by atoms with van der Waals surface area (Å²) in [4.78, 5) is 24.5. The molecule has 13 heteroatoms. The van der Waals surface area contributed by atoms with Crippen molar-refractivity contribution >= 4 is 58.0 Å². The van der Waals surface area contributed by atoms with Crippen molar-refractivity contribution in [3.63, 3.8) is 0 Å². The molecule has 0 radical (unpaired) electrons. The second-order valence-corrected chi connectivity index (χ2v) is 10.2. The van der Waals surface area contributed by atoms with Gasteiger partial charge in [0.25, 0.3) is 5.91 Å². The molecule has 0 bridgehead atoms. The van der Waals surface area contributed by atoms with Crippen LogP contribution in [0.25, 0.3) is 10.9 Å². The Hall–Kier alpha value is -3.77. The van der Waals surface area contributed by atoms with E-state index in [-0.39, 0.29) is 34.0 Å². The molecule has 3 aromatic carbocycles. The number of amides is 2. The predicted molar refractivity (Wildman–Crippen MR) is 141 cm³/mol. The van der Waals surface area contributed by atoms with E-state index < -0.39 is 30.6 Å². The fourth-order valence-corrected chi connectivity index (χ4v) is 6.28. The second kappa shape index (κ2) is 10.4. The van der Waals surface area contributed by atoms with Crippen LogP contribution in [0.1, 0.15) is 33.2 Å². The Morgan fingerprint density at radius 2 is 1.87 bits per heavy atom. The minimum absolute atomic E-state index is 0.226. The molecule has 1 atom stereocenters. The van der Waals surface area contributed by atoms with Crippen molar-refractivity contribution in [2.24, 2.45) is 12.8 Å². The minimum Gasteiger partial charge on any atom is -0.372 e. The van der Waals surface area contributed by atoms with Gasteiger partial charge in [-0.15, -0.1) is 11.8 Å². The fraction of sp³-hybridized carbons (Fsp3) is 0.192. The smallest absolute Gasteiger partial charge is 0.254 e. The van der Waals surface area contributed by atoms with E-state index in [1.165, 1.54) is 46.8 Å². The van der Waals surface area contributed by atoms with Crippen molar-refractivity contribution in [2.45, 2.75) is 23.8 Å². The number of fused-ring (bicyclic) bond motifs is 4. The van der Waals surface area contributed by atoms with Crippen LogP contribution in [0.15, 0.2) is 47.4 Å². The van der Waals surface area contributed by atoms with Crippen molar-refractivity contribution in [2.75, 3.05) is 10.8 Å². The highest BCUT2D eigenvalue weighted by molar-refractivity contribution is 7.99. The Balaban J connectivity index is 0.000000983. The maximum Gasteiger partial charge on any atom is 0.254 e. The lowest BCUT2D eigenvalue weighted by Crippen LogP contribution is -2.21. The number of halogens is 5. The lowest BCUT2D eigenvalue weighted by molar-refractivity contribution is -0.106. The zero-order valence-electron chi connectivity index (χ0n) is 20.2. The number of aromatic nitrogens is 2. The molecule has 0 fully saturated rings.